The van der Waals surface area contributed by atoms with Gasteiger partial charge in [0.25, 0.3) is 0 Å². The molecule has 0 aliphatic carbocycles. The molecule has 0 unspecified atom stereocenters. The number of hydrogen-bond acceptors (Lipinski definition) is 3. The number of amides is 1. The van der Waals surface area contributed by atoms with Gasteiger partial charge >= 0.3 is 18.7 Å². The van der Waals surface area contributed by atoms with Crippen LogP contribution in [0.3, 0.4) is 0 Å². The Morgan fingerprint density at radius 1 is 1.15 bits per heavy atom. The first-order chi connectivity index (χ1) is 12.0. The molecule has 0 atom stereocenters. The standard InChI is InChI=1S/C14H10F7N3O2/c1-23-6-9(11(22-23)13(17,18)19)24(7-25)8-4-2-3-5-10(8)26-14(20,21)12(15)16/h2-7,12H,1H3. The van der Waals surface area contributed by atoms with Gasteiger partial charge in [-0.25, -0.2) is 0 Å². The van der Waals surface area contributed by atoms with Crippen LogP contribution in [0.4, 0.5) is 42.1 Å². The zero-order chi connectivity index (χ0) is 19.7. The number of nitrogens with zero attached hydrogens (tertiary/aromatic N) is 3. The predicted molar refractivity (Wildman–Crippen MR) is 74.4 cm³/mol. The molecule has 0 spiro atoms. The van der Waals surface area contributed by atoms with Gasteiger partial charge in [0.15, 0.2) is 11.4 Å². The highest BCUT2D eigenvalue weighted by Gasteiger charge is 2.45. The second kappa shape index (κ2) is 6.84. The van der Waals surface area contributed by atoms with Crippen molar-refractivity contribution in [1.29, 1.82) is 0 Å². The predicted octanol–water partition coefficient (Wildman–Crippen LogP) is 3.97. The molecule has 0 fully saturated rings. The van der Waals surface area contributed by atoms with E-state index in [2.05, 4.69) is 9.84 Å². The first kappa shape index (κ1) is 19.5. The Kier molecular flexibility index (Phi) is 5.14. The van der Waals surface area contributed by atoms with E-state index in [0.29, 0.717) is 4.90 Å². The van der Waals surface area contributed by atoms with Crippen molar-refractivity contribution in [1.82, 2.24) is 9.78 Å². The first-order valence-corrected chi connectivity index (χ1v) is 6.76. The zero-order valence-electron chi connectivity index (χ0n) is 12.8. The van der Waals surface area contributed by atoms with Gasteiger partial charge in [0.1, 0.15) is 0 Å². The van der Waals surface area contributed by atoms with Crippen molar-refractivity contribution in [2.24, 2.45) is 7.05 Å². The Morgan fingerprint density at radius 3 is 2.31 bits per heavy atom. The molecule has 1 aromatic carbocycles. The van der Waals surface area contributed by atoms with Crippen LogP contribution in [0.5, 0.6) is 5.75 Å². The molecule has 26 heavy (non-hydrogen) atoms. The number of aryl methyl sites for hydroxylation is 1. The van der Waals surface area contributed by atoms with Crippen molar-refractivity contribution in [3.05, 3.63) is 36.2 Å². The molecular formula is C14H10F7N3O2. The van der Waals surface area contributed by atoms with E-state index >= 15 is 0 Å². The van der Waals surface area contributed by atoms with E-state index in [4.69, 9.17) is 0 Å². The van der Waals surface area contributed by atoms with Crippen LogP contribution in [0.2, 0.25) is 0 Å². The van der Waals surface area contributed by atoms with Gasteiger partial charge in [0, 0.05) is 13.2 Å². The lowest BCUT2D eigenvalue weighted by Crippen LogP contribution is -2.34. The summed E-state index contributed by atoms with van der Waals surface area (Å²) in [6.45, 7) is 0. The molecule has 0 radical (unpaired) electrons. The zero-order valence-corrected chi connectivity index (χ0v) is 12.8. The fourth-order valence-electron chi connectivity index (χ4n) is 2.03. The number of rotatable bonds is 6. The summed E-state index contributed by atoms with van der Waals surface area (Å²) in [6.07, 6.45) is -13.3. The van der Waals surface area contributed by atoms with Crippen LogP contribution in [0.25, 0.3) is 0 Å². The Morgan fingerprint density at radius 2 is 1.77 bits per heavy atom. The summed E-state index contributed by atoms with van der Waals surface area (Å²) in [5.74, 6) is -0.915. The molecule has 12 heteroatoms. The van der Waals surface area contributed by atoms with Crippen molar-refractivity contribution in [2.45, 2.75) is 18.7 Å². The maximum Gasteiger partial charge on any atom is 0.461 e. The number of alkyl halides is 7. The number of ether oxygens (including phenoxy) is 1. The van der Waals surface area contributed by atoms with Gasteiger partial charge in [-0.3, -0.25) is 14.4 Å². The molecule has 142 valence electrons. The molecule has 1 amide bonds. The van der Waals surface area contributed by atoms with Gasteiger partial charge in [0.2, 0.25) is 6.41 Å². The average Bonchev–Trinajstić information content (AvgIpc) is 2.91. The van der Waals surface area contributed by atoms with E-state index in [1.807, 2.05) is 0 Å². The number of halogens is 7. The number of anilines is 2. The van der Waals surface area contributed by atoms with E-state index in [1.165, 1.54) is 6.07 Å². The lowest BCUT2D eigenvalue weighted by atomic mass is 10.2. The fraction of sp³-hybridized carbons (Fsp3) is 0.286. The number of benzene rings is 1. The summed E-state index contributed by atoms with van der Waals surface area (Å²) in [5, 5.41) is 3.19. The largest absolute Gasteiger partial charge is 0.461 e. The van der Waals surface area contributed by atoms with Crippen LogP contribution in [0.1, 0.15) is 5.69 Å². The monoisotopic (exact) mass is 385 g/mol. The number of carbonyl (C=O) groups is 1. The fourth-order valence-corrected chi connectivity index (χ4v) is 2.03. The van der Waals surface area contributed by atoms with Crippen molar-refractivity contribution in [3.8, 4) is 5.75 Å². The van der Waals surface area contributed by atoms with E-state index in [0.717, 1.165) is 36.1 Å². The van der Waals surface area contributed by atoms with E-state index in [9.17, 15) is 35.5 Å². The summed E-state index contributed by atoms with van der Waals surface area (Å²) < 4.78 is 95.0. The molecule has 1 heterocycles. The molecule has 2 aromatic rings. The third-order valence-electron chi connectivity index (χ3n) is 3.07. The Hall–Kier alpha value is -2.79. The molecule has 1 aromatic heterocycles. The van der Waals surface area contributed by atoms with Crippen molar-refractivity contribution >= 4 is 17.8 Å². The van der Waals surface area contributed by atoms with Gasteiger partial charge in [0.05, 0.1) is 11.4 Å². The number of aromatic nitrogens is 2. The number of para-hydroxylation sites is 2. The highest BCUT2D eigenvalue weighted by atomic mass is 19.4. The highest BCUT2D eigenvalue weighted by molar-refractivity contribution is 5.89. The SMILES string of the molecule is Cn1cc(N(C=O)c2ccccc2OC(F)(F)C(F)F)c(C(F)(F)F)n1. The molecular weight excluding hydrogens is 375 g/mol. The molecule has 0 bridgehead atoms. The minimum Gasteiger partial charge on any atom is -0.426 e. The summed E-state index contributed by atoms with van der Waals surface area (Å²) in [5.41, 5.74) is -2.85. The Balaban J connectivity index is 2.56. The molecule has 0 aliphatic rings. The lowest BCUT2D eigenvalue weighted by Gasteiger charge is -2.23. The summed E-state index contributed by atoms with van der Waals surface area (Å²) in [4.78, 5) is 11.7. The number of hydrogen-bond donors (Lipinski definition) is 0. The van der Waals surface area contributed by atoms with Gasteiger partial charge in [-0.15, -0.1) is 0 Å². The van der Waals surface area contributed by atoms with E-state index in [1.54, 1.807) is 0 Å². The van der Waals surface area contributed by atoms with Crippen molar-refractivity contribution in [2.75, 3.05) is 4.90 Å². The first-order valence-electron chi connectivity index (χ1n) is 6.76. The number of carbonyl (C=O) groups excluding carboxylic acids is 1. The second-order valence-corrected chi connectivity index (χ2v) is 4.94. The second-order valence-electron chi connectivity index (χ2n) is 4.94. The molecule has 0 saturated heterocycles. The minimum absolute atomic E-state index is 0.102. The van der Waals surface area contributed by atoms with Crippen LogP contribution in [-0.4, -0.2) is 28.7 Å². The third kappa shape index (κ3) is 3.89. The molecule has 0 N–H and O–H groups in total. The smallest absolute Gasteiger partial charge is 0.426 e. The van der Waals surface area contributed by atoms with Crippen LogP contribution >= 0.6 is 0 Å². The summed E-state index contributed by atoms with van der Waals surface area (Å²) in [6, 6.07) is 4.09. The quantitative estimate of drug-likeness (QED) is 0.559. The Bertz CT molecular complexity index is 789. The highest BCUT2D eigenvalue weighted by Crippen LogP contribution is 2.41. The van der Waals surface area contributed by atoms with Gasteiger partial charge in [-0.2, -0.15) is 35.8 Å². The maximum atomic E-state index is 13.2. The topological polar surface area (TPSA) is 47.4 Å². The van der Waals surface area contributed by atoms with Crippen LogP contribution < -0.4 is 9.64 Å². The van der Waals surface area contributed by atoms with Crippen LogP contribution in [0.15, 0.2) is 30.5 Å². The van der Waals surface area contributed by atoms with E-state index in [-0.39, 0.29) is 6.41 Å². The average molecular weight is 385 g/mol. The Labute approximate surface area is 141 Å². The molecule has 2 rings (SSSR count). The van der Waals surface area contributed by atoms with E-state index < -0.39 is 41.5 Å². The van der Waals surface area contributed by atoms with Gasteiger partial charge in [-0.05, 0) is 12.1 Å². The molecule has 0 aliphatic heterocycles. The van der Waals surface area contributed by atoms with Gasteiger partial charge < -0.3 is 4.74 Å². The normalized spacial score (nSPS) is 12.3. The summed E-state index contributed by atoms with van der Waals surface area (Å²) in [7, 11) is 1.15. The van der Waals surface area contributed by atoms with Gasteiger partial charge in [-0.1, -0.05) is 12.1 Å². The van der Waals surface area contributed by atoms with Crippen molar-refractivity contribution in [3.63, 3.8) is 0 Å². The summed E-state index contributed by atoms with van der Waals surface area (Å²) >= 11 is 0. The molecule has 0 saturated carbocycles. The lowest BCUT2D eigenvalue weighted by molar-refractivity contribution is -0.253. The molecule has 5 nitrogen and oxygen atoms in total. The van der Waals surface area contributed by atoms with Crippen LogP contribution in [-0.2, 0) is 18.0 Å². The minimum atomic E-state index is -4.96. The maximum absolute atomic E-state index is 13.2. The van der Waals surface area contributed by atoms with Crippen LogP contribution in [0, 0.1) is 0 Å². The van der Waals surface area contributed by atoms with Crippen molar-refractivity contribution < 1.29 is 40.3 Å². The third-order valence-corrected chi connectivity index (χ3v) is 3.07.